The minimum Gasteiger partial charge on any atom is -0.490 e. The molecule has 0 saturated carbocycles. The summed E-state index contributed by atoms with van der Waals surface area (Å²) >= 11 is 3.43. The molecule has 6 rings (SSSR count). The average Bonchev–Trinajstić information content (AvgIpc) is 3.41. The molecule has 210 valence electrons. The van der Waals surface area contributed by atoms with Crippen LogP contribution in [-0.4, -0.2) is 40.2 Å². The number of amides is 1. The lowest BCUT2D eigenvalue weighted by Gasteiger charge is -2.20. The molecule has 2 aliphatic rings. The van der Waals surface area contributed by atoms with Gasteiger partial charge in [0, 0.05) is 0 Å². The number of nitrogens with one attached hydrogen (secondary N) is 1. The zero-order chi connectivity index (χ0) is 29.1. The number of thioether (sulfide) groups is 1. The van der Waals surface area contributed by atoms with E-state index in [-0.39, 0.29) is 18.0 Å². The summed E-state index contributed by atoms with van der Waals surface area (Å²) in [7, 11) is 0. The quantitative estimate of drug-likeness (QED) is 0.149. The first-order valence-electron chi connectivity index (χ1n) is 13.2. The molecule has 0 bridgehead atoms. The lowest BCUT2D eigenvalue weighted by molar-refractivity contribution is -0.114. The molecule has 1 N–H and O–H groups in total. The summed E-state index contributed by atoms with van der Waals surface area (Å²) in [4.78, 5) is 17.2. The molecule has 0 fully saturated rings. The predicted octanol–water partition coefficient (Wildman–Crippen LogP) is 7.12. The smallest absolute Gasteiger partial charge is 0.283 e. The van der Waals surface area contributed by atoms with Gasteiger partial charge in [-0.15, -0.1) is 0 Å². The second kappa shape index (κ2) is 12.4. The Morgan fingerprint density at radius 3 is 2.57 bits per heavy atom. The Balaban J connectivity index is 1.23. The van der Waals surface area contributed by atoms with Crippen LogP contribution in [-0.2, 0) is 11.4 Å². The number of fused-ring (bicyclic) bond motifs is 2. The summed E-state index contributed by atoms with van der Waals surface area (Å²) < 4.78 is 18.8. The normalized spacial score (nSPS) is 15.5. The number of carbonyl (C=O) groups excluding carboxylic acids is 1. The van der Waals surface area contributed by atoms with Gasteiger partial charge in [-0.3, -0.25) is 10.2 Å². The largest absolute Gasteiger partial charge is 0.490 e. The summed E-state index contributed by atoms with van der Waals surface area (Å²) in [6.07, 6.45) is 1.64. The van der Waals surface area contributed by atoms with E-state index >= 15 is 0 Å². The fraction of sp³-hybridized carbons (Fsp3) is 0.125. The first-order chi connectivity index (χ1) is 20.5. The van der Waals surface area contributed by atoms with Crippen molar-refractivity contribution in [3.63, 3.8) is 0 Å². The van der Waals surface area contributed by atoms with Gasteiger partial charge in [-0.25, -0.2) is 0 Å². The number of nitrogens with zero attached hydrogens (tertiary/aromatic N) is 3. The minimum atomic E-state index is -0.497. The van der Waals surface area contributed by atoms with Gasteiger partial charge in [0.15, 0.2) is 17.3 Å². The molecule has 0 saturated heterocycles. The van der Waals surface area contributed by atoms with Crippen molar-refractivity contribution < 1.29 is 19.0 Å². The monoisotopic (exact) mass is 688 g/mol. The van der Waals surface area contributed by atoms with Gasteiger partial charge < -0.3 is 14.2 Å². The van der Waals surface area contributed by atoms with E-state index in [2.05, 4.69) is 57.0 Å². The fourth-order valence-electron chi connectivity index (χ4n) is 4.56. The molecule has 0 radical (unpaired) electrons. The molecule has 0 unspecified atom stereocenters. The van der Waals surface area contributed by atoms with Gasteiger partial charge in [-0.1, -0.05) is 60.7 Å². The van der Waals surface area contributed by atoms with Gasteiger partial charge in [-0.05, 0) is 93.5 Å². The zero-order valence-corrected chi connectivity index (χ0v) is 25.5. The van der Waals surface area contributed by atoms with E-state index in [1.807, 2.05) is 67.6 Å². The lowest BCUT2D eigenvalue weighted by atomic mass is 10.1. The van der Waals surface area contributed by atoms with Crippen LogP contribution in [0.2, 0.25) is 0 Å². The highest BCUT2D eigenvalue weighted by atomic mass is 127. The van der Waals surface area contributed by atoms with Crippen LogP contribution in [0.1, 0.15) is 18.1 Å². The molecule has 10 heteroatoms. The summed E-state index contributed by atoms with van der Waals surface area (Å²) in [5.41, 5.74) is 1.90. The van der Waals surface area contributed by atoms with Crippen molar-refractivity contribution in [3.8, 4) is 17.2 Å². The standard InChI is InChI=1S/C32H25IN4O4S/c1-2-39-27-17-20(16-26(33)29(27)41-18-22-11-8-10-21-9-6-7-14-24(21)22)15-25-30(34)37-32(35-31(25)38)42-28(36-37)19-40-23-12-4-3-5-13-23/h3-17,34H,2,18-19H2,1H3/b25-15-,34-30?. The van der Waals surface area contributed by atoms with Crippen molar-refractivity contribution in [1.29, 1.82) is 5.41 Å². The number of ether oxygens (including phenoxy) is 3. The van der Waals surface area contributed by atoms with Gasteiger partial charge in [-0.2, -0.15) is 15.1 Å². The molecule has 4 aromatic rings. The van der Waals surface area contributed by atoms with Crippen LogP contribution in [0.25, 0.3) is 16.8 Å². The molecule has 0 spiro atoms. The van der Waals surface area contributed by atoms with Crippen LogP contribution < -0.4 is 14.2 Å². The Labute approximate surface area is 260 Å². The van der Waals surface area contributed by atoms with E-state index in [1.54, 1.807) is 6.08 Å². The molecule has 2 heterocycles. The first kappa shape index (κ1) is 28.0. The second-order valence-corrected chi connectivity index (χ2v) is 11.5. The number of carbonyl (C=O) groups is 1. The van der Waals surface area contributed by atoms with E-state index in [0.717, 1.165) is 19.9 Å². The van der Waals surface area contributed by atoms with Gasteiger partial charge in [0.25, 0.3) is 5.91 Å². The van der Waals surface area contributed by atoms with E-state index < -0.39 is 5.91 Å². The Morgan fingerprint density at radius 1 is 0.952 bits per heavy atom. The maximum absolute atomic E-state index is 13.0. The number of amidine groups is 2. The molecule has 8 nitrogen and oxygen atoms in total. The summed E-state index contributed by atoms with van der Waals surface area (Å²) in [5.74, 6) is 1.36. The van der Waals surface area contributed by atoms with E-state index in [9.17, 15) is 4.79 Å². The van der Waals surface area contributed by atoms with Crippen LogP contribution in [0.3, 0.4) is 0 Å². The average molecular weight is 689 g/mol. The Bertz CT molecular complexity index is 1780. The summed E-state index contributed by atoms with van der Waals surface area (Å²) in [5, 5.41) is 17.8. The number of hydrogen-bond donors (Lipinski definition) is 1. The van der Waals surface area contributed by atoms with E-state index in [4.69, 9.17) is 19.6 Å². The minimum absolute atomic E-state index is 0.0449. The Kier molecular flexibility index (Phi) is 8.24. The zero-order valence-electron chi connectivity index (χ0n) is 22.5. The third-order valence-corrected chi connectivity index (χ3v) is 8.18. The Morgan fingerprint density at radius 2 is 1.74 bits per heavy atom. The van der Waals surface area contributed by atoms with Gasteiger partial charge >= 0.3 is 0 Å². The van der Waals surface area contributed by atoms with Crippen molar-refractivity contribution in [3.05, 3.63) is 105 Å². The third-order valence-electron chi connectivity index (χ3n) is 6.50. The molecule has 0 aliphatic carbocycles. The first-order valence-corrected chi connectivity index (χ1v) is 15.1. The van der Waals surface area contributed by atoms with Crippen LogP contribution in [0.15, 0.2) is 101 Å². The maximum atomic E-state index is 13.0. The molecule has 1 amide bonds. The van der Waals surface area contributed by atoms with Crippen LogP contribution in [0.4, 0.5) is 0 Å². The van der Waals surface area contributed by atoms with E-state index in [0.29, 0.717) is 46.2 Å². The SMILES string of the molecule is CCOc1cc(/C=C2/C(=N)N3N=C(COc4ccccc4)SC3=NC2=O)cc(I)c1OCc1cccc2ccccc12. The Hall–Kier alpha value is -4.16. The van der Waals surface area contributed by atoms with E-state index in [1.165, 1.54) is 16.8 Å². The van der Waals surface area contributed by atoms with Crippen molar-refractivity contribution in [2.45, 2.75) is 13.5 Å². The van der Waals surface area contributed by atoms with Crippen molar-refractivity contribution in [2.24, 2.45) is 10.1 Å². The number of halogens is 1. The summed E-state index contributed by atoms with van der Waals surface area (Å²) in [6.45, 7) is 2.93. The van der Waals surface area contributed by atoms with Crippen LogP contribution in [0, 0.1) is 8.98 Å². The van der Waals surface area contributed by atoms with Crippen molar-refractivity contribution >= 4 is 73.2 Å². The maximum Gasteiger partial charge on any atom is 0.283 e. The molecule has 0 atom stereocenters. The fourth-order valence-corrected chi connectivity index (χ4v) is 6.14. The highest BCUT2D eigenvalue weighted by Gasteiger charge is 2.36. The number of hydrazone groups is 1. The number of benzene rings is 4. The van der Waals surface area contributed by atoms with Crippen LogP contribution in [0.5, 0.6) is 17.2 Å². The third kappa shape index (κ3) is 5.90. The van der Waals surface area contributed by atoms with Crippen molar-refractivity contribution in [1.82, 2.24) is 5.01 Å². The van der Waals surface area contributed by atoms with Gasteiger partial charge in [0.1, 0.15) is 24.0 Å². The highest BCUT2D eigenvalue weighted by molar-refractivity contribution is 14.1. The molecular formula is C32H25IN4O4S. The predicted molar refractivity (Wildman–Crippen MR) is 176 cm³/mol. The lowest BCUT2D eigenvalue weighted by Crippen LogP contribution is -2.35. The topological polar surface area (TPSA) is 96.6 Å². The molecule has 2 aliphatic heterocycles. The van der Waals surface area contributed by atoms with Crippen LogP contribution >= 0.6 is 34.4 Å². The highest BCUT2D eigenvalue weighted by Crippen LogP contribution is 2.37. The van der Waals surface area contributed by atoms with Gasteiger partial charge in [0.2, 0.25) is 5.17 Å². The molecular weight excluding hydrogens is 663 g/mol. The molecule has 4 aromatic carbocycles. The molecule has 0 aromatic heterocycles. The second-order valence-electron chi connectivity index (χ2n) is 9.31. The number of hydrogen-bond acceptors (Lipinski definition) is 7. The number of aliphatic imine (C=N–C) groups is 1. The molecule has 42 heavy (non-hydrogen) atoms. The van der Waals surface area contributed by atoms with Crippen molar-refractivity contribution in [2.75, 3.05) is 13.2 Å². The van der Waals surface area contributed by atoms with Gasteiger partial charge in [0.05, 0.1) is 15.8 Å². The number of para-hydroxylation sites is 1. The number of rotatable bonds is 9. The summed E-state index contributed by atoms with van der Waals surface area (Å²) in [6, 6.07) is 27.5.